The molecule has 18 heavy (non-hydrogen) atoms. The van der Waals surface area contributed by atoms with Gasteiger partial charge >= 0.3 is 5.69 Å². The molecule has 4 N–H and O–H groups in total. The predicted octanol–water partition coefficient (Wildman–Crippen LogP) is 1.47. The number of hydrogen-bond donors (Lipinski definition) is 3. The van der Waals surface area contributed by atoms with Crippen molar-refractivity contribution in [3.8, 4) is 0 Å². The van der Waals surface area contributed by atoms with E-state index in [1.807, 2.05) is 6.92 Å². The van der Waals surface area contributed by atoms with Crippen molar-refractivity contribution in [3.05, 3.63) is 40.5 Å². The van der Waals surface area contributed by atoms with Crippen molar-refractivity contribution in [3.63, 3.8) is 0 Å². The predicted molar refractivity (Wildman–Crippen MR) is 65.9 cm³/mol. The van der Waals surface area contributed by atoms with Crippen LogP contribution in [0, 0.1) is 10.1 Å². The van der Waals surface area contributed by atoms with Crippen molar-refractivity contribution in [2.45, 2.75) is 13.0 Å². The molecule has 0 aromatic carbocycles. The Morgan fingerprint density at radius 3 is 2.89 bits per heavy atom. The molecular weight excluding hydrogens is 236 g/mol. The normalized spacial score (nSPS) is 12.1. The number of nitrogens with one attached hydrogen (secondary N) is 2. The standard InChI is InChI=1S/C10H12N6O2/c1-6(10-12-4-5-13-10)14-8-3-2-7(16(17)18)9(11)15-8/h2-6H,1H3,(H,12,13)(H3,11,14,15). The van der Waals surface area contributed by atoms with E-state index in [-0.39, 0.29) is 17.5 Å². The lowest BCUT2D eigenvalue weighted by molar-refractivity contribution is -0.384. The molecular formula is C10H12N6O2. The van der Waals surface area contributed by atoms with Gasteiger partial charge in [0.2, 0.25) is 5.82 Å². The molecule has 2 rings (SSSR count). The second-order valence-electron chi connectivity index (χ2n) is 3.70. The zero-order valence-corrected chi connectivity index (χ0v) is 9.62. The molecule has 1 atom stereocenters. The lowest BCUT2D eigenvalue weighted by Gasteiger charge is -2.12. The average Bonchev–Trinajstić information content (AvgIpc) is 2.81. The van der Waals surface area contributed by atoms with Crippen molar-refractivity contribution in [2.75, 3.05) is 11.1 Å². The smallest absolute Gasteiger partial charge is 0.311 e. The summed E-state index contributed by atoms with van der Waals surface area (Å²) in [7, 11) is 0. The monoisotopic (exact) mass is 248 g/mol. The number of nitro groups is 1. The Balaban J connectivity index is 2.15. The van der Waals surface area contributed by atoms with Crippen LogP contribution in [0.25, 0.3) is 0 Å². The van der Waals surface area contributed by atoms with Gasteiger partial charge in [-0.05, 0) is 13.0 Å². The average molecular weight is 248 g/mol. The quantitative estimate of drug-likeness (QED) is 0.556. The molecule has 0 spiro atoms. The zero-order chi connectivity index (χ0) is 13.1. The van der Waals surface area contributed by atoms with Crippen LogP contribution in [0.5, 0.6) is 0 Å². The molecule has 1 unspecified atom stereocenters. The van der Waals surface area contributed by atoms with Gasteiger partial charge in [-0.3, -0.25) is 10.1 Å². The van der Waals surface area contributed by atoms with Gasteiger partial charge in [0.1, 0.15) is 11.6 Å². The second-order valence-corrected chi connectivity index (χ2v) is 3.70. The number of aromatic nitrogens is 3. The van der Waals surface area contributed by atoms with Crippen LogP contribution >= 0.6 is 0 Å². The van der Waals surface area contributed by atoms with Gasteiger partial charge in [-0.1, -0.05) is 0 Å². The number of pyridine rings is 1. The Labute approximate surface area is 102 Å². The third kappa shape index (κ3) is 2.37. The summed E-state index contributed by atoms with van der Waals surface area (Å²) in [6.45, 7) is 1.89. The van der Waals surface area contributed by atoms with Gasteiger partial charge in [0.25, 0.3) is 0 Å². The molecule has 2 aromatic heterocycles. The van der Waals surface area contributed by atoms with E-state index in [1.54, 1.807) is 12.4 Å². The van der Waals surface area contributed by atoms with Crippen molar-refractivity contribution in [1.82, 2.24) is 15.0 Å². The Bertz CT molecular complexity index is 554. The maximum atomic E-state index is 10.6. The van der Waals surface area contributed by atoms with Crippen LogP contribution in [0.15, 0.2) is 24.5 Å². The van der Waals surface area contributed by atoms with E-state index in [1.165, 1.54) is 12.1 Å². The molecule has 0 aliphatic rings. The fraction of sp³-hybridized carbons (Fsp3) is 0.200. The molecule has 0 aliphatic heterocycles. The highest BCUT2D eigenvalue weighted by Crippen LogP contribution is 2.22. The van der Waals surface area contributed by atoms with Crippen LogP contribution in [0.2, 0.25) is 0 Å². The fourth-order valence-corrected chi connectivity index (χ4v) is 1.51. The Morgan fingerprint density at radius 1 is 1.56 bits per heavy atom. The molecule has 2 heterocycles. The molecule has 0 radical (unpaired) electrons. The van der Waals surface area contributed by atoms with Gasteiger partial charge in [0, 0.05) is 18.5 Å². The van der Waals surface area contributed by atoms with E-state index >= 15 is 0 Å². The maximum absolute atomic E-state index is 10.6. The topological polar surface area (TPSA) is 123 Å². The molecule has 8 heteroatoms. The Hall–Kier alpha value is -2.64. The highest BCUT2D eigenvalue weighted by atomic mass is 16.6. The van der Waals surface area contributed by atoms with Gasteiger partial charge in [-0.25, -0.2) is 9.97 Å². The van der Waals surface area contributed by atoms with Crippen LogP contribution < -0.4 is 11.1 Å². The van der Waals surface area contributed by atoms with E-state index in [4.69, 9.17) is 5.73 Å². The van der Waals surface area contributed by atoms with Gasteiger partial charge in [-0.15, -0.1) is 0 Å². The Kier molecular flexibility index (Phi) is 3.09. The summed E-state index contributed by atoms with van der Waals surface area (Å²) in [5.41, 5.74) is 5.30. The van der Waals surface area contributed by atoms with Gasteiger partial charge in [0.05, 0.1) is 11.0 Å². The van der Waals surface area contributed by atoms with Crippen LogP contribution in [0.1, 0.15) is 18.8 Å². The minimum Gasteiger partial charge on any atom is -0.378 e. The van der Waals surface area contributed by atoms with E-state index in [9.17, 15) is 10.1 Å². The molecule has 0 fully saturated rings. The van der Waals surface area contributed by atoms with Crippen molar-refractivity contribution in [2.24, 2.45) is 0 Å². The summed E-state index contributed by atoms with van der Waals surface area (Å²) in [5.74, 6) is 1.09. The summed E-state index contributed by atoms with van der Waals surface area (Å²) in [6.07, 6.45) is 3.36. The van der Waals surface area contributed by atoms with Crippen LogP contribution in [-0.2, 0) is 0 Å². The number of anilines is 2. The third-order valence-electron chi connectivity index (χ3n) is 2.39. The number of nitrogens with zero attached hydrogens (tertiary/aromatic N) is 3. The maximum Gasteiger partial charge on any atom is 0.311 e. The van der Waals surface area contributed by atoms with Gasteiger partial charge in [0.15, 0.2) is 0 Å². The highest BCUT2D eigenvalue weighted by molar-refractivity contribution is 5.57. The summed E-state index contributed by atoms with van der Waals surface area (Å²) < 4.78 is 0. The number of nitrogens with two attached hydrogens (primary N) is 1. The first-order valence-corrected chi connectivity index (χ1v) is 5.24. The first kappa shape index (κ1) is 11.8. The number of nitrogen functional groups attached to an aromatic ring is 1. The Morgan fingerprint density at radius 2 is 2.33 bits per heavy atom. The van der Waals surface area contributed by atoms with Crippen LogP contribution in [0.3, 0.4) is 0 Å². The third-order valence-corrected chi connectivity index (χ3v) is 2.39. The first-order valence-electron chi connectivity index (χ1n) is 5.24. The molecule has 0 saturated heterocycles. The van der Waals surface area contributed by atoms with E-state index in [0.29, 0.717) is 5.82 Å². The molecule has 94 valence electrons. The lowest BCUT2D eigenvalue weighted by atomic mass is 10.3. The number of imidazole rings is 1. The molecule has 0 amide bonds. The van der Waals surface area contributed by atoms with Crippen molar-refractivity contribution < 1.29 is 4.92 Å². The van der Waals surface area contributed by atoms with Crippen molar-refractivity contribution >= 4 is 17.3 Å². The molecule has 8 nitrogen and oxygen atoms in total. The van der Waals surface area contributed by atoms with Crippen molar-refractivity contribution in [1.29, 1.82) is 0 Å². The van der Waals surface area contributed by atoms with E-state index in [0.717, 1.165) is 5.82 Å². The molecule has 0 bridgehead atoms. The molecule has 0 saturated carbocycles. The minimum atomic E-state index is -0.567. The van der Waals surface area contributed by atoms with Gasteiger partial charge in [-0.2, -0.15) is 0 Å². The summed E-state index contributed by atoms with van der Waals surface area (Å²) in [4.78, 5) is 21.0. The minimum absolute atomic E-state index is 0.103. The highest BCUT2D eigenvalue weighted by Gasteiger charge is 2.14. The van der Waals surface area contributed by atoms with Crippen LogP contribution in [0.4, 0.5) is 17.3 Å². The summed E-state index contributed by atoms with van der Waals surface area (Å²) in [5, 5.41) is 13.6. The number of hydrogen-bond acceptors (Lipinski definition) is 6. The van der Waals surface area contributed by atoms with Crippen LogP contribution in [-0.4, -0.2) is 19.9 Å². The fourth-order valence-electron chi connectivity index (χ4n) is 1.51. The lowest BCUT2D eigenvalue weighted by Crippen LogP contribution is -2.10. The molecule has 0 aliphatic carbocycles. The summed E-state index contributed by atoms with van der Waals surface area (Å²) >= 11 is 0. The largest absolute Gasteiger partial charge is 0.378 e. The van der Waals surface area contributed by atoms with E-state index < -0.39 is 4.92 Å². The number of rotatable bonds is 4. The first-order chi connectivity index (χ1) is 8.58. The zero-order valence-electron chi connectivity index (χ0n) is 9.62. The SMILES string of the molecule is CC(Nc1ccc([N+](=O)[O-])c(N)n1)c1ncc[nH]1. The molecule has 2 aromatic rings. The van der Waals surface area contributed by atoms with Gasteiger partial charge < -0.3 is 16.0 Å². The van der Waals surface area contributed by atoms with E-state index in [2.05, 4.69) is 20.3 Å². The number of aromatic amines is 1. The summed E-state index contributed by atoms with van der Waals surface area (Å²) in [6, 6.07) is 2.72. The number of H-pyrrole nitrogens is 1. The second kappa shape index (κ2) is 4.70.